The zero-order valence-corrected chi connectivity index (χ0v) is 12.3. The molecule has 1 aromatic rings. The van der Waals surface area contributed by atoms with Gasteiger partial charge in [0.2, 0.25) is 0 Å². The summed E-state index contributed by atoms with van der Waals surface area (Å²) in [5.74, 6) is 0.617. The topological polar surface area (TPSA) is 49.3 Å². The van der Waals surface area contributed by atoms with Gasteiger partial charge < -0.3 is 10.4 Å². The molecule has 1 rings (SSSR count). The van der Waals surface area contributed by atoms with Crippen LogP contribution in [0.25, 0.3) is 0 Å². The molecule has 3 heteroatoms. The molecule has 0 bridgehead atoms. The van der Waals surface area contributed by atoms with Crippen molar-refractivity contribution in [2.45, 2.75) is 46.1 Å². The second-order valence-electron chi connectivity index (χ2n) is 5.63. The van der Waals surface area contributed by atoms with Crippen molar-refractivity contribution in [1.82, 2.24) is 5.32 Å². The number of aliphatic hydroxyl groups excluding tert-OH is 1. The number of nitrogens with one attached hydrogen (secondary N) is 1. The molecule has 1 atom stereocenters. The molecule has 0 radical (unpaired) electrons. The van der Waals surface area contributed by atoms with Gasteiger partial charge in [-0.25, -0.2) is 0 Å². The number of hydrogen-bond acceptors (Lipinski definition) is 2. The van der Waals surface area contributed by atoms with E-state index in [4.69, 9.17) is 0 Å². The van der Waals surface area contributed by atoms with E-state index in [-0.39, 0.29) is 17.9 Å². The van der Waals surface area contributed by atoms with Crippen LogP contribution in [-0.4, -0.2) is 23.7 Å². The van der Waals surface area contributed by atoms with Crippen LogP contribution in [0.5, 0.6) is 0 Å². The molecule has 106 valence electrons. The van der Waals surface area contributed by atoms with Crippen LogP contribution in [0, 0.1) is 5.92 Å². The van der Waals surface area contributed by atoms with Gasteiger partial charge in [0, 0.05) is 12.1 Å². The summed E-state index contributed by atoms with van der Waals surface area (Å²) < 4.78 is 0. The average Bonchev–Trinajstić information content (AvgIpc) is 2.38. The maximum Gasteiger partial charge on any atom is 0.251 e. The molecule has 19 heavy (non-hydrogen) atoms. The molecule has 2 N–H and O–H groups in total. The highest BCUT2D eigenvalue weighted by Crippen LogP contribution is 2.14. The van der Waals surface area contributed by atoms with Gasteiger partial charge in [-0.1, -0.05) is 39.8 Å². The standard InChI is InChI=1S/C16H25NO2/c1-11(2)13-5-7-14(8-6-13)16(19)17-10-9-15(18)12(3)4/h5-8,11-12,15,18H,9-10H2,1-4H3,(H,17,19). The third kappa shape index (κ3) is 5.03. The Morgan fingerprint density at radius 1 is 1.16 bits per heavy atom. The highest BCUT2D eigenvalue weighted by atomic mass is 16.3. The van der Waals surface area contributed by atoms with Crippen LogP contribution in [0.3, 0.4) is 0 Å². The Morgan fingerprint density at radius 3 is 2.21 bits per heavy atom. The minimum atomic E-state index is -0.358. The quantitative estimate of drug-likeness (QED) is 0.829. The van der Waals surface area contributed by atoms with Gasteiger partial charge in [0.05, 0.1) is 6.10 Å². The van der Waals surface area contributed by atoms with E-state index in [0.717, 1.165) is 0 Å². The van der Waals surface area contributed by atoms with Crippen LogP contribution in [0.2, 0.25) is 0 Å². The smallest absolute Gasteiger partial charge is 0.251 e. The summed E-state index contributed by atoms with van der Waals surface area (Å²) in [4.78, 5) is 11.9. The number of amides is 1. The molecule has 0 spiro atoms. The molecular formula is C16H25NO2. The number of carbonyl (C=O) groups is 1. The summed E-state index contributed by atoms with van der Waals surface area (Å²) in [6.07, 6.45) is 0.233. The first-order chi connectivity index (χ1) is 8.91. The lowest BCUT2D eigenvalue weighted by molar-refractivity contribution is 0.0920. The maximum atomic E-state index is 11.9. The first-order valence-electron chi connectivity index (χ1n) is 6.98. The van der Waals surface area contributed by atoms with Crippen molar-refractivity contribution in [1.29, 1.82) is 0 Å². The summed E-state index contributed by atoms with van der Waals surface area (Å²) in [7, 11) is 0. The minimum absolute atomic E-state index is 0.0775. The van der Waals surface area contributed by atoms with Crippen LogP contribution in [0.1, 0.15) is 56.0 Å². The Kier molecular flexibility index (Phi) is 6.03. The van der Waals surface area contributed by atoms with E-state index in [1.807, 2.05) is 38.1 Å². The predicted octanol–water partition coefficient (Wildman–Crippen LogP) is 2.95. The molecule has 0 fully saturated rings. The third-order valence-electron chi connectivity index (χ3n) is 3.33. The molecule has 0 aliphatic carbocycles. The normalized spacial score (nSPS) is 12.8. The fourth-order valence-corrected chi connectivity index (χ4v) is 1.79. The Morgan fingerprint density at radius 2 is 1.74 bits per heavy atom. The van der Waals surface area contributed by atoms with Crippen LogP contribution in [-0.2, 0) is 0 Å². The van der Waals surface area contributed by atoms with Crippen molar-refractivity contribution in [3.63, 3.8) is 0 Å². The van der Waals surface area contributed by atoms with Gasteiger partial charge in [0.15, 0.2) is 0 Å². The van der Waals surface area contributed by atoms with Crippen LogP contribution < -0.4 is 5.32 Å². The third-order valence-corrected chi connectivity index (χ3v) is 3.33. The molecule has 0 heterocycles. The van der Waals surface area contributed by atoms with E-state index in [2.05, 4.69) is 19.2 Å². The monoisotopic (exact) mass is 263 g/mol. The first-order valence-corrected chi connectivity index (χ1v) is 6.98. The first kappa shape index (κ1) is 15.7. The average molecular weight is 263 g/mol. The zero-order valence-electron chi connectivity index (χ0n) is 12.3. The van der Waals surface area contributed by atoms with E-state index in [1.54, 1.807) is 0 Å². The second-order valence-corrected chi connectivity index (χ2v) is 5.63. The van der Waals surface area contributed by atoms with Crippen molar-refractivity contribution < 1.29 is 9.90 Å². The SMILES string of the molecule is CC(C)c1ccc(C(=O)NCCC(O)C(C)C)cc1. The molecule has 0 aromatic heterocycles. The van der Waals surface area contributed by atoms with Crippen molar-refractivity contribution in [2.75, 3.05) is 6.54 Å². The molecule has 0 aliphatic rings. The maximum absolute atomic E-state index is 11.9. The van der Waals surface area contributed by atoms with Gasteiger partial charge in [0.1, 0.15) is 0 Å². The molecule has 0 saturated heterocycles. The zero-order chi connectivity index (χ0) is 14.4. The number of rotatable bonds is 6. The van der Waals surface area contributed by atoms with Gasteiger partial charge in [0.25, 0.3) is 5.91 Å². The highest BCUT2D eigenvalue weighted by molar-refractivity contribution is 5.94. The van der Waals surface area contributed by atoms with E-state index in [0.29, 0.717) is 24.4 Å². The minimum Gasteiger partial charge on any atom is -0.393 e. The van der Waals surface area contributed by atoms with Crippen LogP contribution in [0.15, 0.2) is 24.3 Å². The Bertz CT molecular complexity index is 396. The predicted molar refractivity (Wildman–Crippen MR) is 78.3 cm³/mol. The Hall–Kier alpha value is -1.35. The Balaban J connectivity index is 2.45. The van der Waals surface area contributed by atoms with Gasteiger partial charge in [-0.2, -0.15) is 0 Å². The summed E-state index contributed by atoms with van der Waals surface area (Å²) in [6.45, 7) is 8.70. The Labute approximate surface area is 116 Å². The lowest BCUT2D eigenvalue weighted by Crippen LogP contribution is -2.28. The molecule has 1 aromatic carbocycles. The van der Waals surface area contributed by atoms with Gasteiger partial charge in [-0.15, -0.1) is 0 Å². The fraction of sp³-hybridized carbons (Fsp3) is 0.562. The largest absolute Gasteiger partial charge is 0.393 e. The van der Waals surface area contributed by atoms with E-state index < -0.39 is 0 Å². The number of carbonyl (C=O) groups excluding carboxylic acids is 1. The molecule has 0 saturated carbocycles. The fourth-order valence-electron chi connectivity index (χ4n) is 1.79. The van der Waals surface area contributed by atoms with Gasteiger partial charge in [-0.05, 0) is 36.0 Å². The van der Waals surface area contributed by atoms with Crippen molar-refractivity contribution in [3.05, 3.63) is 35.4 Å². The highest BCUT2D eigenvalue weighted by Gasteiger charge is 2.10. The summed E-state index contributed by atoms with van der Waals surface area (Å²) >= 11 is 0. The van der Waals surface area contributed by atoms with Crippen molar-refractivity contribution in [3.8, 4) is 0 Å². The lowest BCUT2D eigenvalue weighted by Gasteiger charge is -2.14. The molecule has 0 aliphatic heterocycles. The molecule has 1 amide bonds. The number of aliphatic hydroxyl groups is 1. The van der Waals surface area contributed by atoms with Gasteiger partial charge in [-0.3, -0.25) is 4.79 Å². The van der Waals surface area contributed by atoms with Gasteiger partial charge >= 0.3 is 0 Å². The van der Waals surface area contributed by atoms with E-state index in [9.17, 15) is 9.90 Å². The van der Waals surface area contributed by atoms with E-state index in [1.165, 1.54) is 5.56 Å². The summed E-state index contributed by atoms with van der Waals surface area (Å²) in [5, 5.41) is 12.5. The lowest BCUT2D eigenvalue weighted by atomic mass is 10.0. The van der Waals surface area contributed by atoms with Crippen LogP contribution >= 0.6 is 0 Å². The van der Waals surface area contributed by atoms with Crippen molar-refractivity contribution >= 4 is 5.91 Å². The van der Waals surface area contributed by atoms with Crippen LogP contribution in [0.4, 0.5) is 0 Å². The number of benzene rings is 1. The van der Waals surface area contributed by atoms with Crippen molar-refractivity contribution in [2.24, 2.45) is 5.92 Å². The van der Waals surface area contributed by atoms with E-state index >= 15 is 0 Å². The summed E-state index contributed by atoms with van der Waals surface area (Å²) in [6, 6.07) is 7.68. The molecule has 3 nitrogen and oxygen atoms in total. The second kappa shape index (κ2) is 7.29. The molecule has 1 unspecified atom stereocenters. The summed E-state index contributed by atoms with van der Waals surface area (Å²) in [5.41, 5.74) is 1.90. The number of hydrogen-bond donors (Lipinski definition) is 2. The molecular weight excluding hydrogens is 238 g/mol.